The summed E-state index contributed by atoms with van der Waals surface area (Å²) in [6.45, 7) is 1.95. The van der Waals surface area contributed by atoms with Crippen LogP contribution in [0.15, 0.2) is 23.5 Å². The van der Waals surface area contributed by atoms with Gasteiger partial charge in [0.1, 0.15) is 6.07 Å². The molecule has 3 nitrogen and oxygen atoms in total. The number of thiol groups is 1. The minimum Gasteiger partial charge on any atom is -0.405 e. The number of nitrogens with zero attached hydrogens (tertiary/aromatic N) is 1. The average Bonchev–Trinajstić information content (AvgIpc) is 2.11. The molecule has 0 heterocycles. The van der Waals surface area contributed by atoms with Crippen molar-refractivity contribution in [3.05, 3.63) is 23.5 Å². The number of rotatable bonds is 3. The summed E-state index contributed by atoms with van der Waals surface area (Å²) in [6, 6.07) is 1.96. The zero-order valence-corrected chi connectivity index (χ0v) is 7.88. The molecule has 0 aromatic rings. The smallest absolute Gasteiger partial charge is 0.101 e. The number of hydrogen-bond acceptors (Lipinski definition) is 4. The Morgan fingerprint density at radius 3 is 2.67 bits per heavy atom. The van der Waals surface area contributed by atoms with E-state index in [-0.39, 0.29) is 5.25 Å². The van der Waals surface area contributed by atoms with Crippen LogP contribution in [0.1, 0.15) is 13.3 Å². The Morgan fingerprint density at radius 1 is 1.75 bits per heavy atom. The zero-order chi connectivity index (χ0) is 9.56. The lowest BCUT2D eigenvalue weighted by Crippen LogP contribution is -2.13. The van der Waals surface area contributed by atoms with Gasteiger partial charge in [0.15, 0.2) is 0 Å². The summed E-state index contributed by atoms with van der Waals surface area (Å²) in [5, 5.41) is 8.57. The summed E-state index contributed by atoms with van der Waals surface area (Å²) in [5.41, 5.74) is 11.6. The SMILES string of the molecule is CCC(S)/C(N)=C(C#N)\C=C/N. The van der Waals surface area contributed by atoms with E-state index in [0.29, 0.717) is 11.3 Å². The van der Waals surface area contributed by atoms with Gasteiger partial charge in [-0.3, -0.25) is 0 Å². The molecule has 0 aliphatic heterocycles. The van der Waals surface area contributed by atoms with E-state index < -0.39 is 0 Å². The molecule has 12 heavy (non-hydrogen) atoms. The van der Waals surface area contributed by atoms with Crippen LogP contribution in [0.25, 0.3) is 0 Å². The molecule has 0 saturated heterocycles. The van der Waals surface area contributed by atoms with Crippen LogP contribution in [0.3, 0.4) is 0 Å². The molecule has 0 aromatic heterocycles. The molecule has 0 rings (SSSR count). The van der Waals surface area contributed by atoms with E-state index in [4.69, 9.17) is 16.7 Å². The minimum absolute atomic E-state index is 0.0733. The molecule has 0 aromatic carbocycles. The van der Waals surface area contributed by atoms with E-state index in [0.717, 1.165) is 6.42 Å². The minimum atomic E-state index is -0.0733. The summed E-state index contributed by atoms with van der Waals surface area (Å²) in [4.78, 5) is 0. The van der Waals surface area contributed by atoms with Gasteiger partial charge in [-0.2, -0.15) is 17.9 Å². The molecule has 0 spiro atoms. The van der Waals surface area contributed by atoms with E-state index in [1.165, 1.54) is 12.3 Å². The highest BCUT2D eigenvalue weighted by Gasteiger charge is 2.07. The molecule has 66 valence electrons. The van der Waals surface area contributed by atoms with Gasteiger partial charge in [-0.1, -0.05) is 6.92 Å². The Bertz CT molecular complexity index is 237. The Kier molecular flexibility index (Phi) is 5.06. The molecule has 0 aliphatic rings. The number of hydrogen-bond donors (Lipinski definition) is 3. The van der Waals surface area contributed by atoms with E-state index in [1.807, 2.05) is 13.0 Å². The molecule has 0 amide bonds. The van der Waals surface area contributed by atoms with Crippen molar-refractivity contribution in [3.8, 4) is 6.07 Å². The second-order valence-corrected chi connectivity index (χ2v) is 2.89. The first-order valence-electron chi connectivity index (χ1n) is 3.63. The topological polar surface area (TPSA) is 75.8 Å². The lowest BCUT2D eigenvalue weighted by atomic mass is 10.1. The van der Waals surface area contributed by atoms with Crippen LogP contribution in [-0.2, 0) is 0 Å². The van der Waals surface area contributed by atoms with Crippen LogP contribution in [0.4, 0.5) is 0 Å². The third kappa shape index (κ3) is 2.89. The Morgan fingerprint density at radius 2 is 2.33 bits per heavy atom. The summed E-state index contributed by atoms with van der Waals surface area (Å²) < 4.78 is 0. The standard InChI is InChI=1S/C8H13N3S/c1-2-7(12)8(11)6(5-10)3-4-9/h3-4,7,12H,2,9,11H2,1H3/b4-3-,8-6-. The van der Waals surface area contributed by atoms with Gasteiger partial charge >= 0.3 is 0 Å². The molecule has 1 atom stereocenters. The van der Waals surface area contributed by atoms with E-state index in [2.05, 4.69) is 12.6 Å². The van der Waals surface area contributed by atoms with Crippen molar-refractivity contribution in [2.75, 3.05) is 0 Å². The second-order valence-electron chi connectivity index (χ2n) is 2.26. The van der Waals surface area contributed by atoms with Crippen molar-refractivity contribution in [1.29, 1.82) is 5.26 Å². The fraction of sp³-hybridized carbons (Fsp3) is 0.375. The number of nitriles is 1. The van der Waals surface area contributed by atoms with E-state index in [1.54, 1.807) is 0 Å². The lowest BCUT2D eigenvalue weighted by Gasteiger charge is -2.08. The summed E-state index contributed by atoms with van der Waals surface area (Å²) in [5.74, 6) is 0. The van der Waals surface area contributed by atoms with Crippen molar-refractivity contribution in [2.24, 2.45) is 11.5 Å². The van der Waals surface area contributed by atoms with Crippen molar-refractivity contribution in [2.45, 2.75) is 18.6 Å². The predicted octanol–water partition coefficient (Wildman–Crippen LogP) is 0.904. The Hall–Kier alpha value is -1.08. The van der Waals surface area contributed by atoms with Crippen LogP contribution in [0.5, 0.6) is 0 Å². The van der Waals surface area contributed by atoms with Crippen LogP contribution in [0, 0.1) is 11.3 Å². The molecule has 0 fully saturated rings. The van der Waals surface area contributed by atoms with Crippen molar-refractivity contribution in [1.82, 2.24) is 0 Å². The van der Waals surface area contributed by atoms with Crippen molar-refractivity contribution in [3.63, 3.8) is 0 Å². The highest BCUT2D eigenvalue weighted by atomic mass is 32.1. The largest absolute Gasteiger partial charge is 0.405 e. The fourth-order valence-electron chi connectivity index (χ4n) is 0.694. The molecule has 0 bridgehead atoms. The van der Waals surface area contributed by atoms with Gasteiger partial charge < -0.3 is 11.5 Å². The van der Waals surface area contributed by atoms with Crippen LogP contribution >= 0.6 is 12.6 Å². The second kappa shape index (κ2) is 5.56. The van der Waals surface area contributed by atoms with Gasteiger partial charge in [0.2, 0.25) is 0 Å². The number of nitrogens with two attached hydrogens (primary N) is 2. The molecule has 4 N–H and O–H groups in total. The van der Waals surface area contributed by atoms with E-state index in [9.17, 15) is 0 Å². The molecular weight excluding hydrogens is 170 g/mol. The first-order chi connectivity index (χ1) is 5.67. The van der Waals surface area contributed by atoms with E-state index >= 15 is 0 Å². The molecule has 0 aliphatic carbocycles. The molecule has 0 saturated carbocycles. The monoisotopic (exact) mass is 183 g/mol. The van der Waals surface area contributed by atoms with Gasteiger partial charge in [-0.05, 0) is 18.7 Å². The van der Waals surface area contributed by atoms with Crippen LogP contribution in [-0.4, -0.2) is 5.25 Å². The maximum atomic E-state index is 8.64. The average molecular weight is 183 g/mol. The Balaban J connectivity index is 4.74. The van der Waals surface area contributed by atoms with Crippen molar-refractivity contribution >= 4 is 12.6 Å². The molecule has 1 unspecified atom stereocenters. The van der Waals surface area contributed by atoms with Gasteiger partial charge in [0.25, 0.3) is 0 Å². The number of allylic oxidation sites excluding steroid dienone is 2. The molecule has 4 heteroatoms. The first-order valence-corrected chi connectivity index (χ1v) is 4.15. The maximum Gasteiger partial charge on any atom is 0.101 e. The summed E-state index contributed by atoms with van der Waals surface area (Å²) >= 11 is 4.20. The van der Waals surface area contributed by atoms with Crippen LogP contribution < -0.4 is 11.5 Å². The third-order valence-corrected chi connectivity index (χ3v) is 2.08. The van der Waals surface area contributed by atoms with Crippen LogP contribution in [0.2, 0.25) is 0 Å². The van der Waals surface area contributed by atoms with Gasteiger partial charge in [-0.25, -0.2) is 0 Å². The van der Waals surface area contributed by atoms with Gasteiger partial charge in [0, 0.05) is 10.9 Å². The maximum absolute atomic E-state index is 8.64. The first kappa shape index (κ1) is 10.9. The van der Waals surface area contributed by atoms with Gasteiger partial charge in [0.05, 0.1) is 5.57 Å². The Labute approximate surface area is 78.1 Å². The zero-order valence-electron chi connectivity index (χ0n) is 6.99. The van der Waals surface area contributed by atoms with Crippen molar-refractivity contribution < 1.29 is 0 Å². The quantitative estimate of drug-likeness (QED) is 0.346. The highest BCUT2D eigenvalue weighted by Crippen LogP contribution is 2.12. The fourth-order valence-corrected chi connectivity index (χ4v) is 0.833. The molecular formula is C8H13N3S. The normalized spacial score (nSPS) is 15.4. The third-order valence-electron chi connectivity index (χ3n) is 1.44. The summed E-state index contributed by atoms with van der Waals surface area (Å²) in [6.07, 6.45) is 3.56. The summed E-state index contributed by atoms with van der Waals surface area (Å²) in [7, 11) is 0. The highest BCUT2D eigenvalue weighted by molar-refractivity contribution is 7.81. The molecule has 0 radical (unpaired) electrons. The van der Waals surface area contributed by atoms with Gasteiger partial charge in [-0.15, -0.1) is 0 Å². The predicted molar refractivity (Wildman–Crippen MR) is 53.2 cm³/mol. The lowest BCUT2D eigenvalue weighted by molar-refractivity contribution is 0.912.